The molecule has 3 N–H and O–H groups in total. The van der Waals surface area contributed by atoms with Crippen LogP contribution in [-0.2, 0) is 0 Å². The van der Waals surface area contributed by atoms with Crippen LogP contribution >= 0.6 is 15.9 Å². The minimum absolute atomic E-state index is 0.0442. The SMILES string of the molecule is N[C@@H](c1cc(Br)ccc1OC(F)(F)F)[C@H](O)C1CCC1. The molecule has 1 saturated carbocycles. The van der Waals surface area contributed by atoms with E-state index in [-0.39, 0.29) is 17.2 Å². The maximum absolute atomic E-state index is 12.4. The zero-order valence-corrected chi connectivity index (χ0v) is 12.1. The number of halogens is 4. The summed E-state index contributed by atoms with van der Waals surface area (Å²) in [4.78, 5) is 0. The summed E-state index contributed by atoms with van der Waals surface area (Å²) in [7, 11) is 0. The Hall–Kier alpha value is -0.790. The first-order valence-electron chi connectivity index (χ1n) is 6.27. The third kappa shape index (κ3) is 3.65. The zero-order chi connectivity index (χ0) is 14.9. The summed E-state index contributed by atoms with van der Waals surface area (Å²) in [5.74, 6) is -0.325. The van der Waals surface area contributed by atoms with E-state index in [1.165, 1.54) is 18.2 Å². The summed E-state index contributed by atoms with van der Waals surface area (Å²) >= 11 is 3.19. The summed E-state index contributed by atoms with van der Waals surface area (Å²) in [5.41, 5.74) is 6.07. The number of aliphatic hydroxyl groups excluding tert-OH is 1. The molecule has 2 rings (SSSR count). The smallest absolute Gasteiger partial charge is 0.405 e. The molecule has 3 nitrogen and oxygen atoms in total. The molecule has 0 heterocycles. The van der Waals surface area contributed by atoms with Crippen LogP contribution in [0.2, 0.25) is 0 Å². The van der Waals surface area contributed by atoms with Gasteiger partial charge in [-0.2, -0.15) is 0 Å². The standard InChI is InChI=1S/C13H15BrF3NO2/c14-8-4-5-10(20-13(15,16)17)9(6-8)11(18)12(19)7-2-1-3-7/h4-7,11-12,19H,1-3,18H2/t11-,12+/m0/s1. The lowest BCUT2D eigenvalue weighted by Crippen LogP contribution is -2.37. The summed E-state index contributed by atoms with van der Waals surface area (Å²) in [6, 6.07) is 3.18. The number of ether oxygens (including phenoxy) is 1. The van der Waals surface area contributed by atoms with Crippen LogP contribution in [0.25, 0.3) is 0 Å². The lowest BCUT2D eigenvalue weighted by molar-refractivity contribution is -0.275. The van der Waals surface area contributed by atoms with Crippen molar-refractivity contribution in [3.63, 3.8) is 0 Å². The van der Waals surface area contributed by atoms with Crippen molar-refractivity contribution >= 4 is 15.9 Å². The first-order valence-corrected chi connectivity index (χ1v) is 7.06. The third-order valence-electron chi connectivity index (χ3n) is 3.56. The van der Waals surface area contributed by atoms with Crippen molar-refractivity contribution in [2.24, 2.45) is 11.7 Å². The van der Waals surface area contributed by atoms with Crippen molar-refractivity contribution < 1.29 is 23.0 Å². The molecule has 0 unspecified atom stereocenters. The van der Waals surface area contributed by atoms with E-state index in [9.17, 15) is 18.3 Å². The monoisotopic (exact) mass is 353 g/mol. The van der Waals surface area contributed by atoms with Crippen LogP contribution in [0.5, 0.6) is 5.75 Å². The number of hydrogen-bond acceptors (Lipinski definition) is 3. The maximum Gasteiger partial charge on any atom is 0.573 e. The van der Waals surface area contributed by atoms with Crippen molar-refractivity contribution in [1.29, 1.82) is 0 Å². The van der Waals surface area contributed by atoms with E-state index >= 15 is 0 Å². The van der Waals surface area contributed by atoms with Gasteiger partial charge in [0, 0.05) is 10.0 Å². The number of benzene rings is 1. The Morgan fingerprint density at radius 2 is 2.00 bits per heavy atom. The summed E-state index contributed by atoms with van der Waals surface area (Å²) < 4.78 is 41.7. The molecule has 112 valence electrons. The highest BCUT2D eigenvalue weighted by atomic mass is 79.9. The highest BCUT2D eigenvalue weighted by molar-refractivity contribution is 9.10. The molecule has 0 aromatic heterocycles. The normalized spacial score (nSPS) is 19.3. The average molecular weight is 354 g/mol. The molecule has 0 radical (unpaired) electrons. The molecule has 0 saturated heterocycles. The van der Waals surface area contributed by atoms with E-state index in [2.05, 4.69) is 20.7 Å². The fourth-order valence-electron chi connectivity index (χ4n) is 2.26. The minimum atomic E-state index is -4.79. The van der Waals surface area contributed by atoms with Gasteiger partial charge in [0.1, 0.15) is 5.75 Å². The molecule has 1 aromatic carbocycles. The van der Waals surface area contributed by atoms with Gasteiger partial charge in [-0.15, -0.1) is 13.2 Å². The number of rotatable bonds is 4. The van der Waals surface area contributed by atoms with Crippen LogP contribution in [0.3, 0.4) is 0 Å². The van der Waals surface area contributed by atoms with Crippen molar-refractivity contribution in [1.82, 2.24) is 0 Å². The molecule has 7 heteroatoms. The average Bonchev–Trinajstić information content (AvgIpc) is 2.26. The summed E-state index contributed by atoms with van der Waals surface area (Å²) in [6.45, 7) is 0. The van der Waals surface area contributed by atoms with Gasteiger partial charge in [0.05, 0.1) is 12.1 Å². The van der Waals surface area contributed by atoms with Gasteiger partial charge in [-0.1, -0.05) is 22.4 Å². The van der Waals surface area contributed by atoms with Crippen LogP contribution in [0.15, 0.2) is 22.7 Å². The number of hydrogen-bond donors (Lipinski definition) is 2. The van der Waals surface area contributed by atoms with Crippen LogP contribution in [0.1, 0.15) is 30.9 Å². The highest BCUT2D eigenvalue weighted by Gasteiger charge is 2.36. The molecule has 1 aliphatic rings. The van der Waals surface area contributed by atoms with Crippen LogP contribution in [0.4, 0.5) is 13.2 Å². The number of nitrogens with two attached hydrogens (primary N) is 1. The fraction of sp³-hybridized carbons (Fsp3) is 0.538. The van der Waals surface area contributed by atoms with E-state index in [0.717, 1.165) is 19.3 Å². The predicted octanol–water partition coefficient (Wildman–Crippen LogP) is 3.51. The largest absolute Gasteiger partial charge is 0.573 e. The maximum atomic E-state index is 12.4. The van der Waals surface area contributed by atoms with Gasteiger partial charge in [-0.3, -0.25) is 0 Å². The van der Waals surface area contributed by atoms with Gasteiger partial charge in [0.2, 0.25) is 0 Å². The molecule has 20 heavy (non-hydrogen) atoms. The Morgan fingerprint density at radius 3 is 2.50 bits per heavy atom. The van der Waals surface area contributed by atoms with Crippen LogP contribution < -0.4 is 10.5 Å². The second-order valence-corrected chi connectivity index (χ2v) is 5.85. The molecule has 1 aliphatic carbocycles. The lowest BCUT2D eigenvalue weighted by Gasteiger charge is -2.34. The molecule has 0 aliphatic heterocycles. The third-order valence-corrected chi connectivity index (χ3v) is 4.05. The Bertz CT molecular complexity index is 477. The number of alkyl halides is 3. The van der Waals surface area contributed by atoms with Gasteiger partial charge >= 0.3 is 6.36 Å². The highest BCUT2D eigenvalue weighted by Crippen LogP contribution is 2.38. The Labute approximate surface area is 123 Å². The van der Waals surface area contributed by atoms with Crippen molar-refractivity contribution in [2.75, 3.05) is 0 Å². The van der Waals surface area contributed by atoms with Gasteiger partial charge in [0.15, 0.2) is 0 Å². The zero-order valence-electron chi connectivity index (χ0n) is 10.5. The quantitative estimate of drug-likeness (QED) is 0.870. The first-order chi connectivity index (χ1) is 9.28. The van der Waals surface area contributed by atoms with Gasteiger partial charge in [-0.05, 0) is 37.0 Å². The van der Waals surface area contributed by atoms with Crippen molar-refractivity contribution in [2.45, 2.75) is 37.8 Å². The number of aliphatic hydroxyl groups is 1. The molecule has 1 fully saturated rings. The summed E-state index contributed by atoms with van der Waals surface area (Å²) in [6.07, 6.45) is -2.95. The van der Waals surface area contributed by atoms with E-state index < -0.39 is 18.5 Å². The molecule has 0 spiro atoms. The summed E-state index contributed by atoms with van der Waals surface area (Å²) in [5, 5.41) is 10.1. The van der Waals surface area contributed by atoms with Gasteiger partial charge in [-0.25, -0.2) is 0 Å². The second-order valence-electron chi connectivity index (χ2n) is 4.94. The van der Waals surface area contributed by atoms with Crippen LogP contribution in [-0.4, -0.2) is 17.6 Å². The van der Waals surface area contributed by atoms with E-state index in [4.69, 9.17) is 5.73 Å². The van der Waals surface area contributed by atoms with Crippen LogP contribution in [0, 0.1) is 5.92 Å². The Kier molecular flexibility index (Phi) is 4.61. The molecule has 1 aromatic rings. The molecular weight excluding hydrogens is 339 g/mol. The minimum Gasteiger partial charge on any atom is -0.405 e. The van der Waals surface area contributed by atoms with E-state index in [1.54, 1.807) is 0 Å². The van der Waals surface area contributed by atoms with Gasteiger partial charge < -0.3 is 15.6 Å². The molecule has 0 bridgehead atoms. The molecular formula is C13H15BrF3NO2. The van der Waals surface area contributed by atoms with E-state index in [1.807, 2.05) is 0 Å². The van der Waals surface area contributed by atoms with Gasteiger partial charge in [0.25, 0.3) is 0 Å². The Balaban J connectivity index is 2.25. The fourth-order valence-corrected chi connectivity index (χ4v) is 2.63. The van der Waals surface area contributed by atoms with Crippen molar-refractivity contribution in [3.05, 3.63) is 28.2 Å². The van der Waals surface area contributed by atoms with E-state index in [0.29, 0.717) is 4.47 Å². The Morgan fingerprint density at radius 1 is 1.35 bits per heavy atom. The molecule has 2 atom stereocenters. The first kappa shape index (κ1) is 15.6. The molecule has 0 amide bonds. The van der Waals surface area contributed by atoms with Crippen molar-refractivity contribution in [3.8, 4) is 5.75 Å². The second kappa shape index (κ2) is 5.91. The topological polar surface area (TPSA) is 55.5 Å². The predicted molar refractivity (Wildman–Crippen MR) is 71.1 cm³/mol. The lowest BCUT2D eigenvalue weighted by atomic mass is 9.77.